The summed E-state index contributed by atoms with van der Waals surface area (Å²) in [5.74, 6) is 0. The lowest BCUT2D eigenvalue weighted by Gasteiger charge is -2.29. The molecule has 1 aromatic carbocycles. The van der Waals surface area contributed by atoms with Gasteiger partial charge in [-0.15, -0.1) is 0 Å². The molecule has 5 nitrogen and oxygen atoms in total. The van der Waals surface area contributed by atoms with Gasteiger partial charge in [-0.1, -0.05) is 11.6 Å². The average Bonchev–Trinajstić information content (AvgIpc) is 2.87. The van der Waals surface area contributed by atoms with Crippen LogP contribution in [-0.4, -0.2) is 23.1 Å². The van der Waals surface area contributed by atoms with Crippen molar-refractivity contribution < 1.29 is 13.5 Å². The highest BCUT2D eigenvalue weighted by molar-refractivity contribution is 7.91. The van der Waals surface area contributed by atoms with Crippen LogP contribution >= 0.6 is 11.6 Å². The van der Waals surface area contributed by atoms with E-state index >= 15 is 0 Å². The predicted octanol–water partition coefficient (Wildman–Crippen LogP) is 1.95. The first-order valence-corrected chi connectivity index (χ1v) is 7.61. The van der Waals surface area contributed by atoms with Crippen LogP contribution in [0.15, 0.2) is 41.8 Å². The third-order valence-corrected chi connectivity index (χ3v) is 5.65. The van der Waals surface area contributed by atoms with Crippen molar-refractivity contribution in [2.75, 3.05) is 0 Å². The van der Waals surface area contributed by atoms with Gasteiger partial charge in [-0.25, -0.2) is 13.4 Å². The van der Waals surface area contributed by atoms with Gasteiger partial charge in [0.15, 0.2) is 9.84 Å². The van der Waals surface area contributed by atoms with Gasteiger partial charge in [0.05, 0.1) is 17.3 Å². The monoisotopic (exact) mass is 298 g/mol. The van der Waals surface area contributed by atoms with Gasteiger partial charge in [0.1, 0.15) is 5.37 Å². The van der Waals surface area contributed by atoms with Crippen LogP contribution in [0.4, 0.5) is 0 Å². The minimum absolute atomic E-state index is 0.0893. The smallest absolute Gasteiger partial charge is 0.200 e. The lowest BCUT2D eigenvalue weighted by molar-refractivity contribution is 0.150. The molecule has 0 amide bonds. The molecule has 0 bridgehead atoms. The third-order valence-electron chi connectivity index (χ3n) is 3.28. The summed E-state index contributed by atoms with van der Waals surface area (Å²) >= 11 is 5.85. The number of benzene rings is 1. The SMILES string of the molecule is O=S1(=O)c2ccc(Cl)cc2C(O)CC1n1ccnc1. The minimum atomic E-state index is -3.55. The fraction of sp³-hybridized carbons (Fsp3) is 0.250. The average molecular weight is 299 g/mol. The van der Waals surface area contributed by atoms with Crippen molar-refractivity contribution in [1.29, 1.82) is 0 Å². The van der Waals surface area contributed by atoms with E-state index in [9.17, 15) is 13.5 Å². The topological polar surface area (TPSA) is 72.2 Å². The molecule has 2 aromatic rings. The molecule has 0 spiro atoms. The summed E-state index contributed by atoms with van der Waals surface area (Å²) in [7, 11) is -3.55. The summed E-state index contributed by atoms with van der Waals surface area (Å²) in [5.41, 5.74) is 0.365. The Morgan fingerprint density at radius 3 is 2.89 bits per heavy atom. The highest BCUT2D eigenvalue weighted by Crippen LogP contribution is 2.42. The largest absolute Gasteiger partial charge is 0.388 e. The van der Waals surface area contributed by atoms with E-state index in [1.807, 2.05) is 0 Å². The van der Waals surface area contributed by atoms with Gasteiger partial charge >= 0.3 is 0 Å². The molecule has 0 fully saturated rings. The molecule has 0 saturated heterocycles. The lowest BCUT2D eigenvalue weighted by Crippen LogP contribution is -2.27. The van der Waals surface area contributed by atoms with Crippen molar-refractivity contribution in [2.24, 2.45) is 0 Å². The van der Waals surface area contributed by atoms with Gasteiger partial charge in [0, 0.05) is 29.4 Å². The van der Waals surface area contributed by atoms with Crippen molar-refractivity contribution in [3.63, 3.8) is 0 Å². The Labute approximate surface area is 115 Å². The Kier molecular flexibility index (Phi) is 2.88. The van der Waals surface area contributed by atoms with E-state index in [1.165, 1.54) is 35.3 Å². The Balaban J connectivity index is 2.19. The molecule has 3 rings (SSSR count). The van der Waals surface area contributed by atoms with Crippen molar-refractivity contribution in [1.82, 2.24) is 9.55 Å². The summed E-state index contributed by atoms with van der Waals surface area (Å²) in [6.45, 7) is 0. The van der Waals surface area contributed by atoms with Gasteiger partial charge in [-0.3, -0.25) is 0 Å². The van der Waals surface area contributed by atoms with Crippen LogP contribution < -0.4 is 0 Å². The van der Waals surface area contributed by atoms with Crippen molar-refractivity contribution in [3.05, 3.63) is 47.5 Å². The molecular weight excluding hydrogens is 288 g/mol. The molecule has 1 aliphatic heterocycles. The number of halogens is 1. The predicted molar refractivity (Wildman–Crippen MR) is 69.5 cm³/mol. The number of nitrogens with zero attached hydrogens (tertiary/aromatic N) is 2. The highest BCUT2D eigenvalue weighted by Gasteiger charge is 2.39. The van der Waals surface area contributed by atoms with Crippen LogP contribution in [0.25, 0.3) is 0 Å². The molecule has 1 N–H and O–H groups in total. The van der Waals surface area contributed by atoms with E-state index in [-0.39, 0.29) is 11.3 Å². The van der Waals surface area contributed by atoms with Gasteiger partial charge in [0.2, 0.25) is 0 Å². The number of imidazole rings is 1. The number of aliphatic hydroxyl groups is 1. The van der Waals surface area contributed by atoms with E-state index in [0.29, 0.717) is 10.6 Å². The first-order chi connectivity index (χ1) is 9.00. The second-order valence-corrected chi connectivity index (χ2v) is 6.95. The number of sulfone groups is 1. The normalized spacial score (nSPS) is 24.9. The van der Waals surface area contributed by atoms with Crippen LogP contribution in [0.1, 0.15) is 23.5 Å². The molecule has 2 heterocycles. The third kappa shape index (κ3) is 1.96. The molecule has 0 aliphatic carbocycles. The maximum Gasteiger partial charge on any atom is 0.200 e. The second kappa shape index (κ2) is 4.33. The molecule has 100 valence electrons. The van der Waals surface area contributed by atoms with Crippen molar-refractivity contribution in [3.8, 4) is 0 Å². The first-order valence-electron chi connectivity index (χ1n) is 5.69. The summed E-state index contributed by atoms with van der Waals surface area (Å²) in [5, 5.41) is 9.71. The summed E-state index contributed by atoms with van der Waals surface area (Å²) in [6.07, 6.45) is 3.77. The number of hydrogen-bond acceptors (Lipinski definition) is 4. The molecule has 0 saturated carbocycles. The molecule has 7 heteroatoms. The lowest BCUT2D eigenvalue weighted by atomic mass is 10.1. The zero-order chi connectivity index (χ0) is 13.6. The number of fused-ring (bicyclic) bond motifs is 1. The number of hydrogen-bond donors (Lipinski definition) is 1. The van der Waals surface area contributed by atoms with E-state index < -0.39 is 21.3 Å². The standard InChI is InChI=1S/C12H11ClN2O3S/c13-8-1-2-11-9(5-8)10(16)6-12(19(11,17)18)15-4-3-14-7-15/h1-5,7,10,12,16H,6H2. The summed E-state index contributed by atoms with van der Waals surface area (Å²) < 4.78 is 26.6. The van der Waals surface area contributed by atoms with E-state index in [0.717, 1.165) is 0 Å². The quantitative estimate of drug-likeness (QED) is 0.873. The molecule has 1 aromatic heterocycles. The zero-order valence-corrected chi connectivity index (χ0v) is 11.3. The fourth-order valence-electron chi connectivity index (χ4n) is 2.35. The Bertz CT molecular complexity index is 713. The second-order valence-electron chi connectivity index (χ2n) is 4.44. The van der Waals surface area contributed by atoms with Crippen LogP contribution in [0, 0.1) is 0 Å². The highest BCUT2D eigenvalue weighted by atomic mass is 35.5. The van der Waals surface area contributed by atoms with E-state index in [4.69, 9.17) is 11.6 Å². The molecule has 0 radical (unpaired) electrons. The van der Waals surface area contributed by atoms with E-state index in [2.05, 4.69) is 4.98 Å². The Morgan fingerprint density at radius 1 is 1.42 bits per heavy atom. The summed E-state index contributed by atoms with van der Waals surface area (Å²) in [4.78, 5) is 3.99. The van der Waals surface area contributed by atoms with Gasteiger partial charge in [-0.2, -0.15) is 0 Å². The van der Waals surface area contributed by atoms with Gasteiger partial charge < -0.3 is 9.67 Å². The molecule has 2 atom stereocenters. The maximum absolute atomic E-state index is 12.6. The van der Waals surface area contributed by atoms with Crippen LogP contribution in [0.5, 0.6) is 0 Å². The van der Waals surface area contributed by atoms with Gasteiger partial charge in [-0.05, 0) is 18.2 Å². The maximum atomic E-state index is 12.6. The number of aliphatic hydroxyl groups excluding tert-OH is 1. The Morgan fingerprint density at radius 2 is 2.21 bits per heavy atom. The van der Waals surface area contributed by atoms with Gasteiger partial charge in [0.25, 0.3) is 0 Å². The Hall–Kier alpha value is -1.37. The number of rotatable bonds is 1. The van der Waals surface area contributed by atoms with Crippen LogP contribution in [0.3, 0.4) is 0 Å². The van der Waals surface area contributed by atoms with Crippen molar-refractivity contribution >= 4 is 21.4 Å². The van der Waals surface area contributed by atoms with Crippen LogP contribution in [0.2, 0.25) is 5.02 Å². The molecular formula is C12H11ClN2O3S. The fourth-order valence-corrected chi connectivity index (χ4v) is 4.49. The van der Waals surface area contributed by atoms with Crippen LogP contribution in [-0.2, 0) is 9.84 Å². The minimum Gasteiger partial charge on any atom is -0.388 e. The first kappa shape index (κ1) is 12.7. The zero-order valence-electron chi connectivity index (χ0n) is 9.77. The molecule has 1 aliphatic rings. The molecule has 19 heavy (non-hydrogen) atoms. The number of aromatic nitrogens is 2. The van der Waals surface area contributed by atoms with E-state index in [1.54, 1.807) is 6.20 Å². The molecule has 2 unspecified atom stereocenters. The summed E-state index contributed by atoms with van der Waals surface area (Å²) in [6, 6.07) is 4.46. The van der Waals surface area contributed by atoms with Crippen molar-refractivity contribution in [2.45, 2.75) is 22.8 Å².